The van der Waals surface area contributed by atoms with Crippen molar-refractivity contribution in [1.82, 2.24) is 0 Å². The van der Waals surface area contributed by atoms with Crippen LogP contribution in [0.1, 0.15) is 316 Å². The molecule has 0 aliphatic rings. The summed E-state index contributed by atoms with van der Waals surface area (Å²) in [6, 6.07) is 0. The van der Waals surface area contributed by atoms with E-state index >= 15 is 0 Å². The predicted octanol–water partition coefficient (Wildman–Crippen LogP) is 19.7. The molecule has 0 fully saturated rings. The van der Waals surface area contributed by atoms with E-state index in [2.05, 4.69) is 57.2 Å². The van der Waals surface area contributed by atoms with Crippen LogP contribution >= 0.6 is 0 Å². The van der Waals surface area contributed by atoms with Crippen molar-refractivity contribution in [3.8, 4) is 0 Å². The zero-order valence-electron chi connectivity index (χ0n) is 44.9. The van der Waals surface area contributed by atoms with Crippen LogP contribution in [0.25, 0.3) is 0 Å². The minimum atomic E-state index is -0.777. The normalized spacial score (nSPS) is 12.2. The van der Waals surface area contributed by atoms with Gasteiger partial charge in [0.05, 0.1) is 0 Å². The second-order valence-electron chi connectivity index (χ2n) is 19.9. The van der Waals surface area contributed by atoms with Crippen LogP contribution in [0.3, 0.4) is 0 Å². The second-order valence-corrected chi connectivity index (χ2v) is 19.9. The quantitative estimate of drug-likeness (QED) is 0.0262. The summed E-state index contributed by atoms with van der Waals surface area (Å²) in [6.07, 6.45) is 67.1. The van der Waals surface area contributed by atoms with Gasteiger partial charge in [0.1, 0.15) is 13.2 Å². The SMILES string of the molecule is CCC/C=C\C/C=C\CCCCCCCC(=O)OCC(COC(=O)CCCCCCCCC/C=C\CCCCCCCCC)OC(=O)CCCCCCCCCCCCCCCCCCCC. The Morgan fingerprint density at radius 3 is 0.896 bits per heavy atom. The first-order chi connectivity index (χ1) is 33.0. The van der Waals surface area contributed by atoms with Crippen LogP contribution in [0.5, 0.6) is 0 Å². The molecule has 0 aliphatic heterocycles. The van der Waals surface area contributed by atoms with Crippen molar-refractivity contribution in [1.29, 1.82) is 0 Å². The zero-order chi connectivity index (χ0) is 48.6. The fourth-order valence-electron chi connectivity index (χ4n) is 8.65. The fourth-order valence-corrected chi connectivity index (χ4v) is 8.65. The van der Waals surface area contributed by atoms with Gasteiger partial charge in [0.25, 0.3) is 0 Å². The van der Waals surface area contributed by atoms with E-state index < -0.39 is 6.10 Å². The molecule has 6 heteroatoms. The summed E-state index contributed by atoms with van der Waals surface area (Å²) in [5.74, 6) is -0.875. The van der Waals surface area contributed by atoms with Crippen LogP contribution in [0.15, 0.2) is 36.5 Å². The van der Waals surface area contributed by atoms with E-state index in [-0.39, 0.29) is 31.1 Å². The molecule has 1 unspecified atom stereocenters. The molecule has 0 bridgehead atoms. The molecule has 1 atom stereocenters. The van der Waals surface area contributed by atoms with E-state index in [1.165, 1.54) is 193 Å². The number of carbonyl (C=O) groups is 3. The van der Waals surface area contributed by atoms with Crippen molar-refractivity contribution in [2.75, 3.05) is 13.2 Å². The molecular formula is C61H112O6. The van der Waals surface area contributed by atoms with Gasteiger partial charge in [-0.15, -0.1) is 0 Å². The van der Waals surface area contributed by atoms with E-state index in [4.69, 9.17) is 14.2 Å². The maximum Gasteiger partial charge on any atom is 0.306 e. The van der Waals surface area contributed by atoms with E-state index in [1.807, 2.05) is 0 Å². The number of ether oxygens (including phenoxy) is 3. The Morgan fingerprint density at radius 2 is 0.567 bits per heavy atom. The summed E-state index contributed by atoms with van der Waals surface area (Å²) in [7, 11) is 0. The monoisotopic (exact) mass is 941 g/mol. The standard InChI is InChI=1S/C61H112O6/c1-4-7-10-13-16-19-22-25-27-29-31-33-36-39-42-45-48-51-54-60(63)66-57-58(56-65-59(62)53-50-47-44-41-38-35-24-21-18-15-12-9-6-3)67-61(64)55-52-49-46-43-40-37-34-32-30-28-26-23-20-17-14-11-8-5-2/h12,15,21,24,27,29,58H,4-11,13-14,16-20,22-23,25-26,28,30-57H2,1-3H3/b15-12-,24-21-,29-27-. The Kier molecular flexibility index (Phi) is 54.2. The largest absolute Gasteiger partial charge is 0.462 e. The topological polar surface area (TPSA) is 78.9 Å². The molecule has 0 radical (unpaired) electrons. The smallest absolute Gasteiger partial charge is 0.306 e. The number of allylic oxidation sites excluding steroid dienone is 6. The average Bonchev–Trinajstić information content (AvgIpc) is 3.33. The summed E-state index contributed by atoms with van der Waals surface area (Å²) in [4.78, 5) is 38.2. The van der Waals surface area contributed by atoms with E-state index in [9.17, 15) is 14.4 Å². The number of esters is 3. The lowest BCUT2D eigenvalue weighted by atomic mass is 10.0. The van der Waals surface area contributed by atoms with Gasteiger partial charge in [-0.1, -0.05) is 263 Å². The van der Waals surface area contributed by atoms with E-state index in [1.54, 1.807) is 0 Å². The summed E-state index contributed by atoms with van der Waals surface area (Å²) in [5.41, 5.74) is 0. The molecular weight excluding hydrogens is 829 g/mol. The van der Waals surface area contributed by atoms with Crippen molar-refractivity contribution >= 4 is 17.9 Å². The van der Waals surface area contributed by atoms with Crippen molar-refractivity contribution < 1.29 is 28.6 Å². The molecule has 67 heavy (non-hydrogen) atoms. The Labute approximate surface area is 416 Å². The highest BCUT2D eigenvalue weighted by atomic mass is 16.6. The lowest BCUT2D eigenvalue weighted by Crippen LogP contribution is -2.30. The van der Waals surface area contributed by atoms with Crippen LogP contribution in [0.4, 0.5) is 0 Å². The molecule has 0 aromatic carbocycles. The Hall–Kier alpha value is -2.37. The molecule has 0 saturated heterocycles. The molecule has 0 aromatic rings. The molecule has 0 aliphatic carbocycles. The molecule has 0 spiro atoms. The maximum absolute atomic E-state index is 12.9. The first-order valence-electron chi connectivity index (χ1n) is 29.5. The van der Waals surface area contributed by atoms with Crippen molar-refractivity contribution in [3.05, 3.63) is 36.5 Å². The van der Waals surface area contributed by atoms with Gasteiger partial charge < -0.3 is 14.2 Å². The minimum Gasteiger partial charge on any atom is -0.462 e. The zero-order valence-corrected chi connectivity index (χ0v) is 44.9. The lowest BCUT2D eigenvalue weighted by Gasteiger charge is -2.18. The van der Waals surface area contributed by atoms with E-state index in [0.29, 0.717) is 19.3 Å². The molecule has 0 aromatic heterocycles. The van der Waals surface area contributed by atoms with E-state index in [0.717, 1.165) is 83.5 Å². The van der Waals surface area contributed by atoms with Gasteiger partial charge in [-0.05, 0) is 70.6 Å². The highest BCUT2D eigenvalue weighted by Gasteiger charge is 2.19. The summed E-state index contributed by atoms with van der Waals surface area (Å²) in [5, 5.41) is 0. The number of unbranched alkanes of at least 4 members (excludes halogenated alkanes) is 37. The third kappa shape index (κ3) is 54.4. The van der Waals surface area contributed by atoms with Crippen molar-refractivity contribution in [2.24, 2.45) is 0 Å². The average molecular weight is 942 g/mol. The lowest BCUT2D eigenvalue weighted by molar-refractivity contribution is -0.167. The minimum absolute atomic E-state index is 0.0755. The third-order valence-electron chi connectivity index (χ3n) is 13.1. The summed E-state index contributed by atoms with van der Waals surface area (Å²) < 4.78 is 16.9. The molecule has 0 saturated carbocycles. The number of hydrogen-bond acceptors (Lipinski definition) is 6. The number of rotatable bonds is 54. The maximum atomic E-state index is 12.9. The molecule has 392 valence electrons. The van der Waals surface area contributed by atoms with Gasteiger partial charge in [-0.25, -0.2) is 0 Å². The number of carbonyl (C=O) groups excluding carboxylic acids is 3. The van der Waals surface area contributed by atoms with Crippen LogP contribution in [0.2, 0.25) is 0 Å². The van der Waals surface area contributed by atoms with Gasteiger partial charge in [-0.2, -0.15) is 0 Å². The Bertz CT molecular complexity index is 1130. The molecule has 0 amide bonds. The van der Waals surface area contributed by atoms with Crippen LogP contribution in [-0.4, -0.2) is 37.2 Å². The van der Waals surface area contributed by atoms with Gasteiger partial charge in [0.2, 0.25) is 0 Å². The Balaban J connectivity index is 4.33. The van der Waals surface area contributed by atoms with Gasteiger partial charge in [-0.3, -0.25) is 14.4 Å². The van der Waals surface area contributed by atoms with Gasteiger partial charge >= 0.3 is 17.9 Å². The Morgan fingerprint density at radius 1 is 0.299 bits per heavy atom. The van der Waals surface area contributed by atoms with Gasteiger partial charge in [0, 0.05) is 19.3 Å². The van der Waals surface area contributed by atoms with Crippen molar-refractivity contribution in [2.45, 2.75) is 322 Å². The molecule has 0 rings (SSSR count). The highest BCUT2D eigenvalue weighted by molar-refractivity contribution is 5.71. The summed E-state index contributed by atoms with van der Waals surface area (Å²) in [6.45, 7) is 6.60. The third-order valence-corrected chi connectivity index (χ3v) is 13.1. The van der Waals surface area contributed by atoms with Gasteiger partial charge in [0.15, 0.2) is 6.10 Å². The molecule has 6 nitrogen and oxygen atoms in total. The molecule has 0 heterocycles. The fraction of sp³-hybridized carbons (Fsp3) is 0.852. The first kappa shape index (κ1) is 64.6. The van der Waals surface area contributed by atoms with Crippen LogP contribution in [-0.2, 0) is 28.6 Å². The van der Waals surface area contributed by atoms with Crippen LogP contribution < -0.4 is 0 Å². The highest BCUT2D eigenvalue weighted by Crippen LogP contribution is 2.17. The van der Waals surface area contributed by atoms with Crippen molar-refractivity contribution in [3.63, 3.8) is 0 Å². The van der Waals surface area contributed by atoms with Crippen LogP contribution in [0, 0.1) is 0 Å². The molecule has 0 N–H and O–H groups in total. The predicted molar refractivity (Wildman–Crippen MR) is 289 cm³/mol. The summed E-state index contributed by atoms with van der Waals surface area (Å²) >= 11 is 0. The first-order valence-corrected chi connectivity index (χ1v) is 29.5. The number of hydrogen-bond donors (Lipinski definition) is 0. The second kappa shape index (κ2) is 56.2.